The van der Waals surface area contributed by atoms with Crippen molar-refractivity contribution in [1.82, 2.24) is 0 Å². The minimum Gasteiger partial charge on any atom is -0.497 e. The minimum absolute atomic E-state index is 0.0643. The van der Waals surface area contributed by atoms with Gasteiger partial charge in [-0.05, 0) is 90.8 Å². The number of rotatable bonds is 12. The van der Waals surface area contributed by atoms with Crippen LogP contribution in [0.15, 0.2) is 103 Å². The molecule has 0 bridgehead atoms. The van der Waals surface area contributed by atoms with Gasteiger partial charge < -0.3 is 35.2 Å². The monoisotopic (exact) mass is 635 g/mol. The second-order valence-electron chi connectivity index (χ2n) is 11.2. The molecule has 5 rings (SSSR count). The van der Waals surface area contributed by atoms with Gasteiger partial charge in [0, 0.05) is 40.6 Å². The number of aliphatic hydroxyl groups excluding tert-OH is 1. The Kier molecular flexibility index (Phi) is 10.0. The lowest BCUT2D eigenvalue weighted by Crippen LogP contribution is -2.44. The second-order valence-corrected chi connectivity index (χ2v) is 11.2. The molecule has 1 aliphatic heterocycles. The van der Waals surface area contributed by atoms with Gasteiger partial charge in [-0.1, -0.05) is 31.2 Å². The van der Waals surface area contributed by atoms with E-state index in [0.717, 1.165) is 5.56 Å². The summed E-state index contributed by atoms with van der Waals surface area (Å²) >= 11 is 0. The highest BCUT2D eigenvalue weighted by atomic mass is 16.5. The fourth-order valence-electron chi connectivity index (χ4n) is 5.52. The van der Waals surface area contributed by atoms with Crippen LogP contribution in [0.1, 0.15) is 45.2 Å². The Balaban J connectivity index is 1.42. The Hall–Kier alpha value is -5.45. The van der Waals surface area contributed by atoms with Gasteiger partial charge >= 0.3 is 0 Å². The van der Waals surface area contributed by atoms with Crippen molar-refractivity contribution in [3.05, 3.63) is 125 Å². The number of nitrogens with one attached hydrogen (secondary N) is 2. The SMILES string of the molecule is COc1ccc(C(=O)Nc2cccc(CN3C(=O)[C@@](O)([C@@H](C)/C=C/CCO)c4cc(NC(=O)c5ccc(OC)cc5)ccc43)c2)cc1. The first-order valence-corrected chi connectivity index (χ1v) is 15.1. The Bertz CT molecular complexity index is 1790. The molecule has 0 aliphatic carbocycles. The molecule has 0 saturated heterocycles. The molecule has 0 spiro atoms. The molecule has 0 aromatic heterocycles. The van der Waals surface area contributed by atoms with Gasteiger partial charge in [0.15, 0.2) is 5.60 Å². The molecule has 1 heterocycles. The zero-order valence-corrected chi connectivity index (χ0v) is 26.4. The summed E-state index contributed by atoms with van der Waals surface area (Å²) in [7, 11) is 3.10. The summed E-state index contributed by atoms with van der Waals surface area (Å²) in [5, 5.41) is 27.1. The predicted molar refractivity (Wildman–Crippen MR) is 180 cm³/mol. The Morgan fingerprint density at radius 3 is 1.98 bits per heavy atom. The van der Waals surface area contributed by atoms with Crippen LogP contribution in [0.5, 0.6) is 11.5 Å². The van der Waals surface area contributed by atoms with Crippen LogP contribution >= 0.6 is 0 Å². The lowest BCUT2D eigenvalue weighted by atomic mass is 9.82. The quantitative estimate of drug-likeness (QED) is 0.151. The molecule has 4 aromatic carbocycles. The molecule has 4 aromatic rings. The zero-order valence-electron chi connectivity index (χ0n) is 26.4. The molecule has 1 aliphatic rings. The zero-order chi connectivity index (χ0) is 33.6. The molecule has 0 fully saturated rings. The van der Waals surface area contributed by atoms with Gasteiger partial charge in [-0.15, -0.1) is 0 Å². The summed E-state index contributed by atoms with van der Waals surface area (Å²) < 4.78 is 10.3. The molecule has 2 atom stereocenters. The summed E-state index contributed by atoms with van der Waals surface area (Å²) in [6.07, 6.45) is 3.81. The number of ether oxygens (including phenoxy) is 2. The largest absolute Gasteiger partial charge is 0.497 e. The van der Waals surface area contributed by atoms with E-state index in [1.165, 1.54) is 4.90 Å². The number of nitrogens with zero attached hydrogens (tertiary/aromatic N) is 1. The highest BCUT2D eigenvalue weighted by Gasteiger charge is 2.52. The fourth-order valence-corrected chi connectivity index (χ4v) is 5.52. The molecule has 10 heteroatoms. The summed E-state index contributed by atoms with van der Waals surface area (Å²) in [6, 6.07) is 25.6. The van der Waals surface area contributed by atoms with Crippen LogP contribution in [0, 0.1) is 5.92 Å². The van der Waals surface area contributed by atoms with Gasteiger partial charge in [0.2, 0.25) is 0 Å². The maximum absolute atomic E-state index is 14.1. The standard InChI is InChI=1S/C37H37N3O7/c1-24(7-4-5-20-41)37(45)32-22-29(39-35(43)27-12-17-31(47-3)18-13-27)14-19-33(32)40(36(37)44)23-25-8-6-9-28(21-25)38-34(42)26-10-15-30(46-2)16-11-26/h4,6-19,21-22,24,41,45H,5,20,23H2,1-3H3,(H,38,42)(H,39,43)/b7-4+/t24-,37+/m0/s1. The number of aliphatic hydroxyl groups is 2. The van der Waals surface area contributed by atoms with Crippen molar-refractivity contribution in [2.45, 2.75) is 25.5 Å². The summed E-state index contributed by atoms with van der Waals surface area (Å²) in [5.41, 5.74) is 1.45. The number of carbonyl (C=O) groups excluding carboxylic acids is 3. The molecule has 4 N–H and O–H groups in total. The molecule has 47 heavy (non-hydrogen) atoms. The summed E-state index contributed by atoms with van der Waals surface area (Å²) in [5.74, 6) is -0.579. The third-order valence-corrected chi connectivity index (χ3v) is 8.14. The van der Waals surface area contributed by atoms with Crippen LogP contribution in [0.4, 0.5) is 17.1 Å². The number of amides is 3. The Labute approximate surface area is 273 Å². The van der Waals surface area contributed by atoms with E-state index in [1.54, 1.807) is 118 Å². The number of benzene rings is 4. The lowest BCUT2D eigenvalue weighted by Gasteiger charge is -2.28. The van der Waals surface area contributed by atoms with E-state index in [4.69, 9.17) is 9.47 Å². The normalized spacial score (nSPS) is 16.1. The average Bonchev–Trinajstić information content (AvgIpc) is 3.30. The number of anilines is 3. The highest BCUT2D eigenvalue weighted by Crippen LogP contribution is 2.47. The topological polar surface area (TPSA) is 137 Å². The number of carbonyl (C=O) groups is 3. The van der Waals surface area contributed by atoms with Crippen molar-refractivity contribution >= 4 is 34.8 Å². The number of hydrogen-bond donors (Lipinski definition) is 4. The van der Waals surface area contributed by atoms with E-state index >= 15 is 0 Å². The molecule has 3 amide bonds. The molecular formula is C37H37N3O7. The van der Waals surface area contributed by atoms with Crippen LogP contribution in [0.25, 0.3) is 0 Å². The molecule has 0 saturated carbocycles. The Morgan fingerprint density at radius 2 is 1.43 bits per heavy atom. The minimum atomic E-state index is -1.94. The van der Waals surface area contributed by atoms with Crippen molar-refractivity contribution < 1.29 is 34.1 Å². The van der Waals surface area contributed by atoms with Gasteiger partial charge in [-0.2, -0.15) is 0 Å². The maximum atomic E-state index is 14.1. The second kappa shape index (κ2) is 14.3. The van der Waals surface area contributed by atoms with Gasteiger partial charge in [-0.3, -0.25) is 14.4 Å². The molecule has 0 radical (unpaired) electrons. The van der Waals surface area contributed by atoms with Crippen LogP contribution in [0.2, 0.25) is 0 Å². The maximum Gasteiger partial charge on any atom is 0.264 e. The smallest absolute Gasteiger partial charge is 0.264 e. The van der Waals surface area contributed by atoms with Crippen molar-refractivity contribution in [3.8, 4) is 11.5 Å². The van der Waals surface area contributed by atoms with Gasteiger partial charge in [0.1, 0.15) is 11.5 Å². The molecule has 242 valence electrons. The van der Waals surface area contributed by atoms with E-state index in [0.29, 0.717) is 51.7 Å². The Morgan fingerprint density at radius 1 is 0.851 bits per heavy atom. The van der Waals surface area contributed by atoms with Crippen LogP contribution in [0.3, 0.4) is 0 Å². The first-order valence-electron chi connectivity index (χ1n) is 15.1. The van der Waals surface area contributed by atoms with Crippen molar-refractivity contribution in [2.24, 2.45) is 5.92 Å². The van der Waals surface area contributed by atoms with Gasteiger partial charge in [0.05, 0.1) is 26.5 Å². The van der Waals surface area contributed by atoms with E-state index in [9.17, 15) is 24.6 Å². The molecule has 10 nitrogen and oxygen atoms in total. The van der Waals surface area contributed by atoms with E-state index in [-0.39, 0.29) is 25.0 Å². The summed E-state index contributed by atoms with van der Waals surface area (Å²) in [4.78, 5) is 41.5. The average molecular weight is 636 g/mol. The van der Waals surface area contributed by atoms with Crippen LogP contribution in [-0.2, 0) is 16.9 Å². The molecule has 0 unspecified atom stereocenters. The number of fused-ring (bicyclic) bond motifs is 1. The number of hydrogen-bond acceptors (Lipinski definition) is 7. The third kappa shape index (κ3) is 7.04. The van der Waals surface area contributed by atoms with Gasteiger partial charge in [0.25, 0.3) is 17.7 Å². The van der Waals surface area contributed by atoms with E-state index in [1.807, 2.05) is 6.07 Å². The van der Waals surface area contributed by atoms with Crippen molar-refractivity contribution in [3.63, 3.8) is 0 Å². The molecular weight excluding hydrogens is 598 g/mol. The van der Waals surface area contributed by atoms with Gasteiger partial charge in [-0.25, -0.2) is 0 Å². The van der Waals surface area contributed by atoms with Crippen LogP contribution in [-0.4, -0.2) is 48.8 Å². The first-order chi connectivity index (χ1) is 22.7. The van der Waals surface area contributed by atoms with E-state index < -0.39 is 17.4 Å². The summed E-state index contributed by atoms with van der Waals surface area (Å²) in [6.45, 7) is 1.78. The number of methoxy groups -OCH3 is 2. The first kappa shape index (κ1) is 32.9. The lowest BCUT2D eigenvalue weighted by molar-refractivity contribution is -0.139. The van der Waals surface area contributed by atoms with Crippen molar-refractivity contribution in [2.75, 3.05) is 36.4 Å². The van der Waals surface area contributed by atoms with Crippen molar-refractivity contribution in [1.29, 1.82) is 0 Å². The van der Waals surface area contributed by atoms with E-state index in [2.05, 4.69) is 10.6 Å². The predicted octanol–water partition coefficient (Wildman–Crippen LogP) is 5.52. The third-order valence-electron chi connectivity index (χ3n) is 8.14. The fraction of sp³-hybridized carbons (Fsp3) is 0.216. The highest BCUT2D eigenvalue weighted by molar-refractivity contribution is 6.09. The van der Waals surface area contributed by atoms with Crippen LogP contribution < -0.4 is 25.0 Å².